The zero-order valence-electron chi connectivity index (χ0n) is 9.10. The molecule has 0 radical (unpaired) electrons. The van der Waals surface area contributed by atoms with Gasteiger partial charge in [0.2, 0.25) is 5.16 Å². The number of nitrogens with one attached hydrogen (secondary N) is 1. The average Bonchev–Trinajstić information content (AvgIpc) is 2.75. The summed E-state index contributed by atoms with van der Waals surface area (Å²) in [6.07, 6.45) is 0. The third-order valence-electron chi connectivity index (χ3n) is 2.21. The summed E-state index contributed by atoms with van der Waals surface area (Å²) in [4.78, 5) is 4.42. The van der Waals surface area contributed by atoms with Crippen molar-refractivity contribution in [2.75, 3.05) is 12.3 Å². The summed E-state index contributed by atoms with van der Waals surface area (Å²) in [6.45, 7) is 2.70. The predicted molar refractivity (Wildman–Crippen MR) is 66.3 cm³/mol. The van der Waals surface area contributed by atoms with Crippen molar-refractivity contribution in [1.82, 2.24) is 15.2 Å². The fourth-order valence-electron chi connectivity index (χ4n) is 1.42. The molecular formula is C11H14N4S. The van der Waals surface area contributed by atoms with Crippen LogP contribution in [-0.2, 0) is 0 Å². The predicted octanol–water partition coefficient (Wildman–Crippen LogP) is 1.83. The Morgan fingerprint density at radius 1 is 1.38 bits per heavy atom. The van der Waals surface area contributed by atoms with Crippen molar-refractivity contribution in [3.05, 3.63) is 29.8 Å². The number of hydrogen-bond donors (Lipinski definition) is 2. The van der Waals surface area contributed by atoms with E-state index in [1.54, 1.807) is 11.8 Å². The quantitative estimate of drug-likeness (QED) is 0.792. The van der Waals surface area contributed by atoms with Crippen LogP contribution in [-0.4, -0.2) is 27.5 Å². The number of aryl methyl sites for hydroxylation is 1. The van der Waals surface area contributed by atoms with E-state index in [2.05, 4.69) is 28.2 Å². The van der Waals surface area contributed by atoms with Crippen LogP contribution in [0.15, 0.2) is 29.4 Å². The number of aromatic nitrogens is 3. The van der Waals surface area contributed by atoms with Gasteiger partial charge in [-0.2, -0.15) is 0 Å². The van der Waals surface area contributed by atoms with Crippen molar-refractivity contribution in [3.8, 4) is 11.4 Å². The van der Waals surface area contributed by atoms with Gasteiger partial charge in [-0.3, -0.25) is 5.10 Å². The molecule has 2 rings (SSSR count). The molecule has 0 amide bonds. The van der Waals surface area contributed by atoms with Crippen LogP contribution in [0.4, 0.5) is 0 Å². The normalized spacial score (nSPS) is 10.6. The Balaban J connectivity index is 2.22. The van der Waals surface area contributed by atoms with Crippen molar-refractivity contribution in [3.63, 3.8) is 0 Å². The molecule has 0 aliphatic carbocycles. The number of aromatic amines is 1. The van der Waals surface area contributed by atoms with Crippen LogP contribution >= 0.6 is 11.8 Å². The molecule has 0 atom stereocenters. The lowest BCUT2D eigenvalue weighted by Crippen LogP contribution is -2.01. The average molecular weight is 234 g/mol. The minimum atomic E-state index is 0.638. The van der Waals surface area contributed by atoms with E-state index in [1.807, 2.05) is 18.2 Å². The highest BCUT2D eigenvalue weighted by molar-refractivity contribution is 7.99. The molecule has 0 aliphatic heterocycles. The number of benzene rings is 1. The van der Waals surface area contributed by atoms with Gasteiger partial charge in [0.15, 0.2) is 5.82 Å². The Labute approximate surface area is 98.7 Å². The summed E-state index contributed by atoms with van der Waals surface area (Å²) in [6, 6.07) is 8.11. The summed E-state index contributed by atoms with van der Waals surface area (Å²) < 4.78 is 0. The van der Waals surface area contributed by atoms with Gasteiger partial charge in [-0.15, -0.1) is 5.10 Å². The molecule has 1 aromatic heterocycles. The van der Waals surface area contributed by atoms with Gasteiger partial charge >= 0.3 is 0 Å². The molecule has 0 saturated carbocycles. The zero-order chi connectivity index (χ0) is 11.4. The first-order valence-electron chi connectivity index (χ1n) is 5.12. The largest absolute Gasteiger partial charge is 0.330 e. The van der Waals surface area contributed by atoms with E-state index in [-0.39, 0.29) is 0 Å². The van der Waals surface area contributed by atoms with Gasteiger partial charge < -0.3 is 5.73 Å². The third-order valence-corrected chi connectivity index (χ3v) is 3.09. The second-order valence-corrected chi connectivity index (χ2v) is 4.48. The lowest BCUT2D eigenvalue weighted by Gasteiger charge is -1.99. The lowest BCUT2D eigenvalue weighted by atomic mass is 10.1. The van der Waals surface area contributed by atoms with Gasteiger partial charge in [-0.25, -0.2) is 4.98 Å². The van der Waals surface area contributed by atoms with Gasteiger partial charge in [-0.1, -0.05) is 36.0 Å². The smallest absolute Gasteiger partial charge is 0.208 e. The number of hydrogen-bond acceptors (Lipinski definition) is 4. The topological polar surface area (TPSA) is 67.6 Å². The third kappa shape index (κ3) is 2.43. The van der Waals surface area contributed by atoms with E-state index in [1.165, 1.54) is 5.56 Å². The van der Waals surface area contributed by atoms with Crippen molar-refractivity contribution >= 4 is 11.8 Å². The first kappa shape index (κ1) is 11.2. The first-order chi connectivity index (χ1) is 7.81. The van der Waals surface area contributed by atoms with Crippen molar-refractivity contribution in [1.29, 1.82) is 0 Å². The number of nitrogens with two attached hydrogens (primary N) is 1. The van der Waals surface area contributed by atoms with Gasteiger partial charge in [0.1, 0.15) is 0 Å². The van der Waals surface area contributed by atoms with Gasteiger partial charge in [0.25, 0.3) is 0 Å². The molecule has 4 nitrogen and oxygen atoms in total. The summed E-state index contributed by atoms with van der Waals surface area (Å²) in [5.74, 6) is 1.66. The Morgan fingerprint density at radius 2 is 2.19 bits per heavy atom. The summed E-state index contributed by atoms with van der Waals surface area (Å²) in [7, 11) is 0. The minimum absolute atomic E-state index is 0.638. The molecule has 0 saturated heterocycles. The van der Waals surface area contributed by atoms with E-state index < -0.39 is 0 Å². The Kier molecular flexibility index (Phi) is 3.58. The molecule has 3 N–H and O–H groups in total. The first-order valence-corrected chi connectivity index (χ1v) is 6.11. The molecule has 5 heteroatoms. The Bertz CT molecular complexity index is 467. The van der Waals surface area contributed by atoms with Crippen molar-refractivity contribution in [2.24, 2.45) is 5.73 Å². The molecule has 16 heavy (non-hydrogen) atoms. The second-order valence-electron chi connectivity index (χ2n) is 3.42. The summed E-state index contributed by atoms with van der Waals surface area (Å²) >= 11 is 1.56. The highest BCUT2D eigenvalue weighted by atomic mass is 32.2. The van der Waals surface area contributed by atoms with Crippen LogP contribution in [0.1, 0.15) is 5.56 Å². The molecule has 0 bridgehead atoms. The molecular weight excluding hydrogens is 220 g/mol. The number of H-pyrrole nitrogens is 1. The fraction of sp³-hybridized carbons (Fsp3) is 0.273. The molecule has 0 fully saturated rings. The molecule has 2 aromatic rings. The Morgan fingerprint density at radius 3 is 2.94 bits per heavy atom. The van der Waals surface area contributed by atoms with Crippen LogP contribution in [0.2, 0.25) is 0 Å². The maximum absolute atomic E-state index is 5.43. The molecule has 0 unspecified atom stereocenters. The number of nitrogens with zero attached hydrogens (tertiary/aromatic N) is 2. The molecule has 0 spiro atoms. The highest BCUT2D eigenvalue weighted by Crippen LogP contribution is 2.21. The number of thioether (sulfide) groups is 1. The van der Waals surface area contributed by atoms with Crippen molar-refractivity contribution < 1.29 is 0 Å². The van der Waals surface area contributed by atoms with E-state index in [0.717, 1.165) is 22.3 Å². The standard InChI is InChI=1S/C11H14N4S/c1-8-4-2-3-5-9(8)10-13-11(15-14-10)16-7-6-12/h2-5H,6-7,12H2,1H3,(H,13,14,15). The SMILES string of the molecule is Cc1ccccc1-c1nc(SCCN)n[nH]1. The highest BCUT2D eigenvalue weighted by Gasteiger charge is 2.07. The van der Waals surface area contributed by atoms with Gasteiger partial charge in [0.05, 0.1) is 0 Å². The van der Waals surface area contributed by atoms with Crippen molar-refractivity contribution in [2.45, 2.75) is 12.1 Å². The van der Waals surface area contributed by atoms with E-state index in [4.69, 9.17) is 5.73 Å². The molecule has 0 aliphatic rings. The van der Waals surface area contributed by atoms with E-state index in [9.17, 15) is 0 Å². The Hall–Kier alpha value is -1.33. The molecule has 1 aromatic carbocycles. The monoisotopic (exact) mass is 234 g/mol. The second kappa shape index (κ2) is 5.14. The minimum Gasteiger partial charge on any atom is -0.330 e. The summed E-state index contributed by atoms with van der Waals surface area (Å²) in [5, 5.41) is 7.84. The zero-order valence-corrected chi connectivity index (χ0v) is 9.92. The maximum Gasteiger partial charge on any atom is 0.208 e. The number of rotatable bonds is 4. The lowest BCUT2D eigenvalue weighted by molar-refractivity contribution is 0.971. The fourth-order valence-corrected chi connectivity index (χ4v) is 1.99. The molecule has 1 heterocycles. The van der Waals surface area contributed by atoms with Crippen LogP contribution in [0.5, 0.6) is 0 Å². The van der Waals surface area contributed by atoms with Crippen LogP contribution in [0.3, 0.4) is 0 Å². The van der Waals surface area contributed by atoms with Crippen LogP contribution in [0, 0.1) is 6.92 Å². The summed E-state index contributed by atoms with van der Waals surface area (Å²) in [5.41, 5.74) is 7.71. The van der Waals surface area contributed by atoms with Gasteiger partial charge in [-0.05, 0) is 12.5 Å². The van der Waals surface area contributed by atoms with Gasteiger partial charge in [0, 0.05) is 17.9 Å². The van der Waals surface area contributed by atoms with E-state index >= 15 is 0 Å². The van der Waals surface area contributed by atoms with Crippen LogP contribution < -0.4 is 5.73 Å². The van der Waals surface area contributed by atoms with Crippen LogP contribution in [0.25, 0.3) is 11.4 Å². The maximum atomic E-state index is 5.43. The van der Waals surface area contributed by atoms with E-state index in [0.29, 0.717) is 6.54 Å². The molecule has 84 valence electrons.